The molecular formula is C11H20N2S. The van der Waals surface area contributed by atoms with Gasteiger partial charge in [-0.05, 0) is 50.7 Å². The van der Waals surface area contributed by atoms with Gasteiger partial charge in [0.15, 0.2) is 0 Å². The third kappa shape index (κ3) is 3.40. The van der Waals surface area contributed by atoms with Crippen LogP contribution in [-0.2, 0) is 6.54 Å². The molecule has 0 unspecified atom stereocenters. The first-order valence-corrected chi connectivity index (χ1v) is 5.91. The molecule has 0 saturated heterocycles. The summed E-state index contributed by atoms with van der Waals surface area (Å²) >= 11 is 1.81. The van der Waals surface area contributed by atoms with E-state index in [4.69, 9.17) is 5.73 Å². The van der Waals surface area contributed by atoms with Crippen LogP contribution in [0.4, 0.5) is 0 Å². The normalized spacial score (nSPS) is 12.0. The van der Waals surface area contributed by atoms with Crippen LogP contribution in [0.1, 0.15) is 30.7 Å². The molecule has 0 amide bonds. The number of nitrogens with one attached hydrogen (secondary N) is 1. The Morgan fingerprint density at radius 2 is 2.21 bits per heavy atom. The molecule has 3 N–H and O–H groups in total. The number of hydrogen-bond donors (Lipinski definition) is 2. The number of rotatable bonds is 5. The van der Waals surface area contributed by atoms with Gasteiger partial charge in [0.1, 0.15) is 0 Å². The SMILES string of the molecule is Cc1ccsc1CNC(C)(C)CCN. The molecule has 0 saturated carbocycles. The van der Waals surface area contributed by atoms with Gasteiger partial charge in [0.05, 0.1) is 0 Å². The second-order valence-electron chi connectivity index (χ2n) is 4.30. The van der Waals surface area contributed by atoms with Crippen molar-refractivity contribution in [1.82, 2.24) is 5.32 Å². The van der Waals surface area contributed by atoms with E-state index < -0.39 is 0 Å². The Balaban J connectivity index is 2.44. The Morgan fingerprint density at radius 1 is 1.50 bits per heavy atom. The zero-order valence-electron chi connectivity index (χ0n) is 9.26. The van der Waals surface area contributed by atoms with Gasteiger partial charge >= 0.3 is 0 Å². The van der Waals surface area contributed by atoms with Crippen LogP contribution in [0.15, 0.2) is 11.4 Å². The van der Waals surface area contributed by atoms with Crippen LogP contribution in [0.3, 0.4) is 0 Å². The number of nitrogens with two attached hydrogens (primary N) is 1. The van der Waals surface area contributed by atoms with E-state index in [1.54, 1.807) is 0 Å². The zero-order valence-corrected chi connectivity index (χ0v) is 10.1. The maximum atomic E-state index is 5.56. The summed E-state index contributed by atoms with van der Waals surface area (Å²) in [5.74, 6) is 0. The quantitative estimate of drug-likeness (QED) is 0.786. The van der Waals surface area contributed by atoms with Crippen molar-refractivity contribution in [3.63, 3.8) is 0 Å². The molecule has 0 aliphatic heterocycles. The lowest BCUT2D eigenvalue weighted by atomic mass is 10.0. The molecule has 80 valence electrons. The number of aryl methyl sites for hydroxylation is 1. The van der Waals surface area contributed by atoms with Crippen molar-refractivity contribution >= 4 is 11.3 Å². The third-order valence-corrected chi connectivity index (χ3v) is 3.49. The number of hydrogen-bond acceptors (Lipinski definition) is 3. The Bertz CT molecular complexity index is 279. The van der Waals surface area contributed by atoms with Crippen LogP contribution in [0.25, 0.3) is 0 Å². The van der Waals surface area contributed by atoms with Crippen molar-refractivity contribution in [2.24, 2.45) is 5.73 Å². The Hall–Kier alpha value is -0.380. The van der Waals surface area contributed by atoms with Crippen LogP contribution >= 0.6 is 11.3 Å². The average molecular weight is 212 g/mol. The molecule has 2 nitrogen and oxygen atoms in total. The summed E-state index contributed by atoms with van der Waals surface area (Å²) in [5, 5.41) is 5.67. The lowest BCUT2D eigenvalue weighted by Gasteiger charge is -2.25. The maximum Gasteiger partial charge on any atom is 0.0307 e. The fourth-order valence-electron chi connectivity index (χ4n) is 1.35. The highest BCUT2D eigenvalue weighted by Gasteiger charge is 2.15. The van der Waals surface area contributed by atoms with Gasteiger partial charge in [-0.3, -0.25) is 0 Å². The van der Waals surface area contributed by atoms with Crippen molar-refractivity contribution in [3.05, 3.63) is 21.9 Å². The second kappa shape index (κ2) is 4.91. The minimum atomic E-state index is 0.144. The summed E-state index contributed by atoms with van der Waals surface area (Å²) in [5.41, 5.74) is 7.08. The number of thiophene rings is 1. The van der Waals surface area contributed by atoms with E-state index in [9.17, 15) is 0 Å². The second-order valence-corrected chi connectivity index (χ2v) is 5.30. The molecule has 14 heavy (non-hydrogen) atoms. The average Bonchev–Trinajstić information content (AvgIpc) is 2.48. The largest absolute Gasteiger partial charge is 0.330 e. The maximum absolute atomic E-state index is 5.56. The fourth-order valence-corrected chi connectivity index (χ4v) is 2.20. The van der Waals surface area contributed by atoms with Gasteiger partial charge in [-0.1, -0.05) is 0 Å². The van der Waals surface area contributed by atoms with E-state index in [0.29, 0.717) is 0 Å². The minimum absolute atomic E-state index is 0.144. The highest BCUT2D eigenvalue weighted by molar-refractivity contribution is 7.10. The fraction of sp³-hybridized carbons (Fsp3) is 0.636. The lowest BCUT2D eigenvalue weighted by Crippen LogP contribution is -2.40. The molecule has 0 fully saturated rings. The Labute approximate surface area is 90.5 Å². The van der Waals surface area contributed by atoms with Crippen molar-refractivity contribution in [3.8, 4) is 0 Å². The molecule has 1 aromatic heterocycles. The summed E-state index contributed by atoms with van der Waals surface area (Å²) in [6, 6.07) is 2.16. The third-order valence-electron chi connectivity index (χ3n) is 2.47. The molecule has 1 heterocycles. The molecule has 0 aliphatic carbocycles. The first-order chi connectivity index (χ1) is 6.55. The molecule has 0 spiro atoms. The highest BCUT2D eigenvalue weighted by Crippen LogP contribution is 2.17. The molecule has 0 atom stereocenters. The van der Waals surface area contributed by atoms with Crippen LogP contribution in [-0.4, -0.2) is 12.1 Å². The van der Waals surface area contributed by atoms with Gasteiger partial charge in [-0.15, -0.1) is 11.3 Å². The molecule has 0 bridgehead atoms. The predicted molar refractivity (Wildman–Crippen MR) is 63.6 cm³/mol. The van der Waals surface area contributed by atoms with Gasteiger partial charge < -0.3 is 11.1 Å². The van der Waals surface area contributed by atoms with Gasteiger partial charge in [0.2, 0.25) is 0 Å². The summed E-state index contributed by atoms with van der Waals surface area (Å²) in [4.78, 5) is 1.43. The Morgan fingerprint density at radius 3 is 2.71 bits per heavy atom. The lowest BCUT2D eigenvalue weighted by molar-refractivity contribution is 0.366. The highest BCUT2D eigenvalue weighted by atomic mass is 32.1. The summed E-state index contributed by atoms with van der Waals surface area (Å²) < 4.78 is 0. The van der Waals surface area contributed by atoms with Crippen LogP contribution in [0.5, 0.6) is 0 Å². The van der Waals surface area contributed by atoms with E-state index in [1.165, 1.54) is 10.4 Å². The molecule has 0 aromatic carbocycles. The van der Waals surface area contributed by atoms with E-state index in [2.05, 4.69) is 37.5 Å². The first kappa shape index (κ1) is 11.7. The van der Waals surface area contributed by atoms with Crippen LogP contribution in [0, 0.1) is 6.92 Å². The molecule has 0 aliphatic rings. The molecular weight excluding hydrogens is 192 g/mol. The van der Waals surface area contributed by atoms with Crippen molar-refractivity contribution < 1.29 is 0 Å². The summed E-state index contributed by atoms with van der Waals surface area (Å²) in [6.07, 6.45) is 1.01. The minimum Gasteiger partial charge on any atom is -0.330 e. The van der Waals surface area contributed by atoms with Crippen LogP contribution < -0.4 is 11.1 Å². The summed E-state index contributed by atoms with van der Waals surface area (Å²) in [6.45, 7) is 8.25. The predicted octanol–water partition coefficient (Wildman–Crippen LogP) is 2.27. The van der Waals surface area contributed by atoms with E-state index in [-0.39, 0.29) is 5.54 Å². The van der Waals surface area contributed by atoms with E-state index in [1.807, 2.05) is 11.3 Å². The van der Waals surface area contributed by atoms with Gasteiger partial charge in [0, 0.05) is 17.0 Å². The van der Waals surface area contributed by atoms with Gasteiger partial charge in [-0.25, -0.2) is 0 Å². The topological polar surface area (TPSA) is 38.0 Å². The van der Waals surface area contributed by atoms with E-state index >= 15 is 0 Å². The standard InChI is InChI=1S/C11H20N2S/c1-9-4-7-14-10(9)8-13-11(2,3)5-6-12/h4,7,13H,5-6,8,12H2,1-3H3. The van der Waals surface area contributed by atoms with Crippen molar-refractivity contribution in [2.45, 2.75) is 39.3 Å². The van der Waals surface area contributed by atoms with Crippen molar-refractivity contribution in [1.29, 1.82) is 0 Å². The molecule has 1 aromatic rings. The Kier molecular flexibility index (Phi) is 4.11. The van der Waals surface area contributed by atoms with Crippen molar-refractivity contribution in [2.75, 3.05) is 6.54 Å². The monoisotopic (exact) mass is 212 g/mol. The molecule has 1 rings (SSSR count). The zero-order chi connectivity index (χ0) is 10.6. The van der Waals surface area contributed by atoms with Gasteiger partial charge in [0.25, 0.3) is 0 Å². The summed E-state index contributed by atoms with van der Waals surface area (Å²) in [7, 11) is 0. The van der Waals surface area contributed by atoms with Crippen LogP contribution in [0.2, 0.25) is 0 Å². The van der Waals surface area contributed by atoms with E-state index in [0.717, 1.165) is 19.5 Å². The smallest absolute Gasteiger partial charge is 0.0307 e. The molecule has 3 heteroatoms. The first-order valence-electron chi connectivity index (χ1n) is 5.03. The molecule has 0 radical (unpaired) electrons. The van der Waals surface area contributed by atoms with Gasteiger partial charge in [-0.2, -0.15) is 0 Å².